The summed E-state index contributed by atoms with van der Waals surface area (Å²) in [4.78, 5) is 14.0. The molecule has 0 amide bonds. The van der Waals surface area contributed by atoms with E-state index in [0.29, 0.717) is 6.42 Å². The molecule has 5 nitrogen and oxygen atoms in total. The molecule has 0 N–H and O–H groups in total. The summed E-state index contributed by atoms with van der Waals surface area (Å²) in [6, 6.07) is 32.5. The van der Waals surface area contributed by atoms with Crippen LogP contribution in [0.25, 0.3) is 0 Å². The summed E-state index contributed by atoms with van der Waals surface area (Å²) in [5, 5.41) is 0. The van der Waals surface area contributed by atoms with Crippen molar-refractivity contribution in [2.45, 2.75) is 150 Å². The minimum atomic E-state index is 0.255. The Labute approximate surface area is 365 Å². The van der Waals surface area contributed by atoms with Crippen LogP contribution in [0.2, 0.25) is 0 Å². The van der Waals surface area contributed by atoms with Crippen LogP contribution in [0.15, 0.2) is 133 Å². The van der Waals surface area contributed by atoms with Gasteiger partial charge in [0.05, 0.1) is 0 Å². The molecule has 0 spiro atoms. The van der Waals surface area contributed by atoms with Gasteiger partial charge in [-0.3, -0.25) is 0 Å². The van der Waals surface area contributed by atoms with Gasteiger partial charge in [-0.25, -0.2) is 9.13 Å². The Morgan fingerprint density at radius 1 is 0.414 bits per heavy atom. The Hall–Kier alpha value is -4.25. The second kappa shape index (κ2) is 64.6. The standard InChI is InChI=1S/2C8H11N.2C6H8N.C6H12.C4H8O.3C3H8.3C2H6/c2*1-9(2)8-6-4-3-5-7-8;2*1-7-5-3-2-4-6-7;1-5(2)6(3)4;1-3-4(2)5;3*1-3-2;3*1-2/h2*3-7H,1-2H3;2*2-6H,1H3;1-4H3;3H2,1-2H3;3*3H2,1-2H3;3*1-2H3/q;;2*+1;;;;;;;;. The highest BCUT2D eigenvalue weighted by molar-refractivity contribution is 5.74. The Morgan fingerprint density at radius 2 is 0.586 bits per heavy atom. The van der Waals surface area contributed by atoms with Crippen molar-refractivity contribution in [3.8, 4) is 0 Å². The zero-order valence-electron chi connectivity index (χ0n) is 43.1. The molecule has 2 aromatic heterocycles. The predicted octanol–water partition coefficient (Wildman–Crippen LogP) is 15.2. The molecule has 0 fully saturated rings. The number of Topliss-reactive ketones (excluding diaryl/α,β-unsaturated/α-hetero) is 1. The number of pyridine rings is 2. The summed E-state index contributed by atoms with van der Waals surface area (Å²) < 4.78 is 4.00. The summed E-state index contributed by atoms with van der Waals surface area (Å²) in [6.45, 7) is 36.7. The Bertz CT molecular complexity index is 1160. The number of carbonyl (C=O) groups excluding carboxylic acids is 1. The van der Waals surface area contributed by atoms with Gasteiger partial charge in [0, 0.05) is 70.3 Å². The topological polar surface area (TPSA) is 31.3 Å². The molecule has 0 saturated carbocycles. The average Bonchev–Trinajstić information content (AvgIpc) is 3.23. The molecule has 0 saturated heterocycles. The van der Waals surface area contributed by atoms with Crippen LogP contribution in [-0.2, 0) is 18.9 Å². The number of para-hydroxylation sites is 2. The fraction of sp³-hybridized carbons (Fsp3) is 0.528. The molecule has 0 bridgehead atoms. The third-order valence-electron chi connectivity index (χ3n) is 5.77. The number of anilines is 2. The van der Waals surface area contributed by atoms with Gasteiger partial charge in [0.15, 0.2) is 24.8 Å². The van der Waals surface area contributed by atoms with Gasteiger partial charge in [-0.15, -0.1) is 0 Å². The molecule has 0 aliphatic carbocycles. The van der Waals surface area contributed by atoms with E-state index >= 15 is 0 Å². The average molecular weight is 809 g/mol. The first kappa shape index (κ1) is 71.5. The molecule has 336 valence electrons. The van der Waals surface area contributed by atoms with Crippen LogP contribution in [0, 0.1) is 0 Å². The second-order valence-corrected chi connectivity index (χ2v) is 12.7. The first-order valence-electron chi connectivity index (χ1n) is 21.9. The molecule has 0 aliphatic heterocycles. The van der Waals surface area contributed by atoms with Gasteiger partial charge in [0.2, 0.25) is 0 Å². The maximum Gasteiger partial charge on any atom is 0.168 e. The van der Waals surface area contributed by atoms with Crippen molar-refractivity contribution >= 4 is 17.2 Å². The van der Waals surface area contributed by atoms with Gasteiger partial charge in [-0.1, -0.05) is 169 Å². The molecule has 0 radical (unpaired) electrons. The van der Waals surface area contributed by atoms with Gasteiger partial charge in [-0.05, 0) is 58.9 Å². The van der Waals surface area contributed by atoms with E-state index in [-0.39, 0.29) is 5.78 Å². The van der Waals surface area contributed by atoms with Gasteiger partial charge in [0.25, 0.3) is 0 Å². The lowest BCUT2D eigenvalue weighted by atomic mass is 10.2. The van der Waals surface area contributed by atoms with Crippen molar-refractivity contribution in [1.82, 2.24) is 0 Å². The molecular weight excluding hydrogens is 709 g/mol. The van der Waals surface area contributed by atoms with E-state index in [1.165, 1.54) is 41.8 Å². The molecule has 4 rings (SSSR count). The summed E-state index contributed by atoms with van der Waals surface area (Å²) >= 11 is 0. The van der Waals surface area contributed by atoms with Crippen LogP contribution in [0.4, 0.5) is 11.4 Å². The van der Waals surface area contributed by atoms with E-state index in [4.69, 9.17) is 0 Å². The molecular formula is C53H100N4O+2. The van der Waals surface area contributed by atoms with Gasteiger partial charge in [0.1, 0.15) is 19.9 Å². The van der Waals surface area contributed by atoms with Crippen LogP contribution >= 0.6 is 0 Å². The van der Waals surface area contributed by atoms with Gasteiger partial charge < -0.3 is 14.6 Å². The number of rotatable bonds is 3. The van der Waals surface area contributed by atoms with Crippen LogP contribution in [-0.4, -0.2) is 34.0 Å². The summed E-state index contributed by atoms with van der Waals surface area (Å²) in [7, 11) is 12.1. The minimum absolute atomic E-state index is 0.255. The number of aryl methyl sites for hydroxylation is 2. The zero-order chi connectivity index (χ0) is 47.2. The predicted molar refractivity (Wildman–Crippen MR) is 269 cm³/mol. The lowest BCUT2D eigenvalue weighted by Gasteiger charge is -2.10. The monoisotopic (exact) mass is 809 g/mol. The van der Waals surface area contributed by atoms with Crippen molar-refractivity contribution < 1.29 is 13.9 Å². The molecule has 5 heteroatoms. The Kier molecular flexibility index (Phi) is 79.6. The lowest BCUT2D eigenvalue weighted by Crippen LogP contribution is -2.25. The Morgan fingerprint density at radius 3 is 0.672 bits per heavy atom. The Balaban J connectivity index is -0.0000000813. The molecule has 0 aliphatic rings. The number of benzene rings is 2. The van der Waals surface area contributed by atoms with Crippen molar-refractivity contribution in [2.24, 2.45) is 14.1 Å². The third kappa shape index (κ3) is 76.5. The highest BCUT2D eigenvalue weighted by Gasteiger charge is 1.88. The van der Waals surface area contributed by atoms with Crippen molar-refractivity contribution in [2.75, 3.05) is 38.0 Å². The normalized spacial score (nSPS) is 7.66. The minimum Gasteiger partial charge on any atom is -0.378 e. The van der Waals surface area contributed by atoms with Gasteiger partial charge >= 0.3 is 0 Å². The maximum absolute atomic E-state index is 9.81. The van der Waals surface area contributed by atoms with E-state index in [0.717, 1.165) is 0 Å². The molecule has 2 aromatic carbocycles. The number of hydrogen-bond donors (Lipinski definition) is 0. The fourth-order valence-electron chi connectivity index (χ4n) is 2.42. The fourth-order valence-corrected chi connectivity index (χ4v) is 2.42. The van der Waals surface area contributed by atoms with Crippen molar-refractivity contribution in [3.05, 3.63) is 133 Å². The third-order valence-corrected chi connectivity index (χ3v) is 5.77. The SMILES string of the molecule is CC.CC.CC.CC(C)=C(C)C.CCC.CCC.CCC.CCC(C)=O.CN(C)c1ccccc1.CN(C)c1ccccc1.C[n+]1ccccc1.C[n+]1ccccc1. The maximum atomic E-state index is 9.81. The molecule has 2 heterocycles. The second-order valence-electron chi connectivity index (χ2n) is 12.7. The van der Waals surface area contributed by atoms with E-state index in [1.54, 1.807) is 6.92 Å². The highest BCUT2D eigenvalue weighted by atomic mass is 16.1. The first-order valence-corrected chi connectivity index (χ1v) is 21.9. The van der Waals surface area contributed by atoms with Gasteiger partial charge in [-0.2, -0.15) is 0 Å². The highest BCUT2D eigenvalue weighted by Crippen LogP contribution is 2.08. The van der Waals surface area contributed by atoms with Crippen LogP contribution in [0.1, 0.15) is 150 Å². The number of nitrogens with zero attached hydrogens (tertiary/aromatic N) is 4. The number of hydrogen-bond acceptors (Lipinski definition) is 3. The lowest BCUT2D eigenvalue weighted by molar-refractivity contribution is -0.671. The number of carbonyl (C=O) groups is 1. The quantitative estimate of drug-likeness (QED) is 0.153. The van der Waals surface area contributed by atoms with E-state index in [9.17, 15) is 4.79 Å². The summed E-state index contributed by atoms with van der Waals surface area (Å²) in [5.41, 5.74) is 5.35. The van der Waals surface area contributed by atoms with E-state index < -0.39 is 0 Å². The van der Waals surface area contributed by atoms with Crippen LogP contribution in [0.3, 0.4) is 0 Å². The van der Waals surface area contributed by atoms with Crippen LogP contribution < -0.4 is 18.9 Å². The number of allylic oxidation sites excluding steroid dienone is 2. The van der Waals surface area contributed by atoms with E-state index in [2.05, 4.69) is 103 Å². The largest absolute Gasteiger partial charge is 0.378 e. The van der Waals surface area contributed by atoms with Crippen LogP contribution in [0.5, 0.6) is 0 Å². The summed E-state index contributed by atoms with van der Waals surface area (Å²) in [5.74, 6) is 0.255. The zero-order valence-corrected chi connectivity index (χ0v) is 43.1. The molecule has 4 aromatic rings. The molecule has 0 unspecified atom stereocenters. The smallest absolute Gasteiger partial charge is 0.168 e. The number of ketones is 1. The van der Waals surface area contributed by atoms with Crippen molar-refractivity contribution in [1.29, 1.82) is 0 Å². The molecule has 0 atom stereocenters. The number of aromatic nitrogens is 2. The van der Waals surface area contributed by atoms with Crippen molar-refractivity contribution in [3.63, 3.8) is 0 Å². The van der Waals surface area contributed by atoms with E-state index in [1.807, 2.05) is 197 Å². The molecule has 58 heavy (non-hydrogen) atoms. The first-order chi connectivity index (χ1) is 27.6. The summed E-state index contributed by atoms with van der Waals surface area (Å²) in [6.07, 6.45) is 12.4.